The Morgan fingerprint density at radius 2 is 1.97 bits per heavy atom. The number of esters is 1. The van der Waals surface area contributed by atoms with Gasteiger partial charge < -0.3 is 14.8 Å². The molecule has 176 valence electrons. The van der Waals surface area contributed by atoms with Crippen LogP contribution in [-0.2, 0) is 14.8 Å². The number of nitrogens with zero attached hydrogens (tertiary/aromatic N) is 3. The van der Waals surface area contributed by atoms with Gasteiger partial charge in [-0.15, -0.1) is 11.3 Å². The zero-order chi connectivity index (χ0) is 23.6. The van der Waals surface area contributed by atoms with Gasteiger partial charge in [-0.25, -0.2) is 23.2 Å². The van der Waals surface area contributed by atoms with E-state index in [9.17, 15) is 13.2 Å². The van der Waals surface area contributed by atoms with Gasteiger partial charge in [0, 0.05) is 18.8 Å². The van der Waals surface area contributed by atoms with Gasteiger partial charge in [-0.3, -0.25) is 0 Å². The van der Waals surface area contributed by atoms with E-state index in [2.05, 4.69) is 15.3 Å². The molecule has 33 heavy (non-hydrogen) atoms. The number of sulfonamides is 1. The molecule has 1 aliphatic heterocycles. The number of aromatic nitrogens is 2. The quantitative estimate of drug-likeness (QED) is 0.493. The second-order valence-corrected chi connectivity index (χ2v) is 10.5. The minimum absolute atomic E-state index is 0.108. The monoisotopic (exact) mass is 490 g/mol. The van der Waals surface area contributed by atoms with Crippen molar-refractivity contribution >= 4 is 49.1 Å². The number of fused-ring (bicyclic) bond motifs is 1. The standard InChI is InChI=1S/C22H26N4O5S2/c1-4-31-22(27)19-14(2)18-20(23-13-24-21(18)32-19)25-15-8-9-16(30-3)17(12-15)33(28,29)26-10-6-5-7-11-26/h8-9,12-13H,4-7,10-11H2,1-3H3,(H,23,24,25). The molecule has 0 saturated carbocycles. The summed E-state index contributed by atoms with van der Waals surface area (Å²) in [4.78, 5) is 22.2. The number of carbonyl (C=O) groups is 1. The average Bonchev–Trinajstić information content (AvgIpc) is 3.17. The lowest BCUT2D eigenvalue weighted by atomic mass is 10.2. The van der Waals surface area contributed by atoms with Crippen LogP contribution in [0.25, 0.3) is 10.2 Å². The maximum Gasteiger partial charge on any atom is 0.348 e. The molecule has 0 amide bonds. The number of ether oxygens (including phenoxy) is 2. The maximum absolute atomic E-state index is 13.3. The average molecular weight is 491 g/mol. The summed E-state index contributed by atoms with van der Waals surface area (Å²) in [7, 11) is -2.25. The summed E-state index contributed by atoms with van der Waals surface area (Å²) >= 11 is 1.24. The highest BCUT2D eigenvalue weighted by Crippen LogP contribution is 2.36. The minimum atomic E-state index is -3.71. The van der Waals surface area contributed by atoms with Crippen molar-refractivity contribution in [3.63, 3.8) is 0 Å². The third kappa shape index (κ3) is 4.53. The van der Waals surface area contributed by atoms with Crippen molar-refractivity contribution in [1.29, 1.82) is 0 Å². The summed E-state index contributed by atoms with van der Waals surface area (Å²) in [6.07, 6.45) is 4.13. The van der Waals surface area contributed by atoms with Crippen molar-refractivity contribution in [1.82, 2.24) is 14.3 Å². The van der Waals surface area contributed by atoms with E-state index in [1.807, 2.05) is 6.92 Å². The number of methoxy groups -OCH3 is 1. The predicted molar refractivity (Wildman–Crippen MR) is 127 cm³/mol. The molecule has 11 heteroatoms. The Hall–Kier alpha value is -2.76. The number of aryl methyl sites for hydroxylation is 1. The fraction of sp³-hybridized carbons (Fsp3) is 0.409. The van der Waals surface area contributed by atoms with Crippen molar-refractivity contribution in [2.45, 2.75) is 38.0 Å². The molecule has 9 nitrogen and oxygen atoms in total. The van der Waals surface area contributed by atoms with Crippen LogP contribution >= 0.6 is 11.3 Å². The minimum Gasteiger partial charge on any atom is -0.495 e. The second kappa shape index (κ2) is 9.62. The van der Waals surface area contributed by atoms with Crippen LogP contribution in [0.4, 0.5) is 11.5 Å². The van der Waals surface area contributed by atoms with Crippen molar-refractivity contribution in [3.05, 3.63) is 35.0 Å². The molecule has 0 atom stereocenters. The SMILES string of the molecule is CCOC(=O)c1sc2ncnc(Nc3ccc(OC)c(S(=O)(=O)N4CCCCC4)c3)c2c1C. The fourth-order valence-corrected chi connectivity index (χ4v) is 6.64. The van der Waals surface area contributed by atoms with Gasteiger partial charge in [-0.2, -0.15) is 4.31 Å². The van der Waals surface area contributed by atoms with Gasteiger partial charge in [0.1, 0.15) is 32.5 Å². The molecule has 3 aromatic rings. The zero-order valence-corrected chi connectivity index (χ0v) is 20.4. The molecular formula is C22H26N4O5S2. The number of piperidine rings is 1. The molecule has 1 N–H and O–H groups in total. The van der Waals surface area contributed by atoms with Crippen LogP contribution in [0.15, 0.2) is 29.4 Å². The Morgan fingerprint density at radius 3 is 2.67 bits per heavy atom. The van der Waals surface area contributed by atoms with Crippen LogP contribution in [-0.4, -0.2) is 55.5 Å². The molecule has 0 bridgehead atoms. The maximum atomic E-state index is 13.3. The molecule has 0 aliphatic carbocycles. The van der Waals surface area contributed by atoms with E-state index in [0.29, 0.717) is 45.3 Å². The highest BCUT2D eigenvalue weighted by atomic mass is 32.2. The number of nitrogens with one attached hydrogen (secondary N) is 1. The first-order valence-corrected chi connectivity index (χ1v) is 13.0. The van der Waals surface area contributed by atoms with Crippen molar-refractivity contribution in [3.8, 4) is 5.75 Å². The van der Waals surface area contributed by atoms with E-state index >= 15 is 0 Å². The first-order valence-electron chi connectivity index (χ1n) is 10.7. The summed E-state index contributed by atoms with van der Waals surface area (Å²) in [5, 5.41) is 3.90. The van der Waals surface area contributed by atoms with Crippen LogP contribution in [0.1, 0.15) is 41.4 Å². The molecule has 1 fully saturated rings. The predicted octanol–water partition coefficient (Wildman–Crippen LogP) is 4.10. The Morgan fingerprint density at radius 1 is 1.21 bits per heavy atom. The Labute approximate surface area is 196 Å². The summed E-state index contributed by atoms with van der Waals surface area (Å²) in [5.74, 6) is 0.370. The Kier molecular flexibility index (Phi) is 6.82. The van der Waals surface area contributed by atoms with E-state index < -0.39 is 16.0 Å². The fourth-order valence-electron chi connectivity index (χ4n) is 3.89. The van der Waals surface area contributed by atoms with Crippen LogP contribution < -0.4 is 10.1 Å². The first-order chi connectivity index (χ1) is 15.9. The molecule has 1 aliphatic rings. The third-order valence-corrected chi connectivity index (χ3v) is 8.65. The number of rotatable bonds is 7. The molecule has 0 radical (unpaired) electrons. The number of hydrogen-bond acceptors (Lipinski definition) is 9. The topological polar surface area (TPSA) is 111 Å². The van der Waals surface area contributed by atoms with Gasteiger partial charge in [0.15, 0.2) is 0 Å². The molecular weight excluding hydrogens is 464 g/mol. The van der Waals surface area contributed by atoms with E-state index in [-0.39, 0.29) is 17.3 Å². The third-order valence-electron chi connectivity index (χ3n) is 5.55. The van der Waals surface area contributed by atoms with Gasteiger partial charge in [0.05, 0.1) is 19.1 Å². The summed E-state index contributed by atoms with van der Waals surface area (Å²) < 4.78 is 38.7. The normalized spacial score (nSPS) is 14.9. The Bertz CT molecular complexity index is 1280. The lowest BCUT2D eigenvalue weighted by molar-refractivity contribution is 0.0531. The van der Waals surface area contributed by atoms with Crippen molar-refractivity contribution in [2.75, 3.05) is 32.1 Å². The van der Waals surface area contributed by atoms with Crippen LogP contribution in [0.2, 0.25) is 0 Å². The largest absolute Gasteiger partial charge is 0.495 e. The molecule has 1 saturated heterocycles. The zero-order valence-electron chi connectivity index (χ0n) is 18.8. The number of anilines is 2. The molecule has 1 aromatic carbocycles. The number of carbonyl (C=O) groups excluding carboxylic acids is 1. The van der Waals surface area contributed by atoms with Gasteiger partial charge >= 0.3 is 5.97 Å². The summed E-state index contributed by atoms with van der Waals surface area (Å²) in [5.41, 5.74) is 1.25. The second-order valence-electron chi connectivity index (χ2n) is 7.63. The van der Waals surface area contributed by atoms with Gasteiger partial charge in [-0.05, 0) is 50.5 Å². The first kappa shape index (κ1) is 23.4. The molecule has 0 spiro atoms. The molecule has 2 aromatic heterocycles. The highest BCUT2D eigenvalue weighted by molar-refractivity contribution is 7.89. The lowest BCUT2D eigenvalue weighted by Gasteiger charge is -2.26. The Balaban J connectivity index is 1.73. The van der Waals surface area contributed by atoms with E-state index in [1.165, 1.54) is 29.1 Å². The van der Waals surface area contributed by atoms with E-state index in [0.717, 1.165) is 19.3 Å². The highest BCUT2D eigenvalue weighted by Gasteiger charge is 2.29. The van der Waals surface area contributed by atoms with Crippen LogP contribution in [0.5, 0.6) is 5.75 Å². The molecule has 3 heterocycles. The molecule has 0 unspecified atom stereocenters. The number of thiophene rings is 1. The number of hydrogen-bond donors (Lipinski definition) is 1. The smallest absolute Gasteiger partial charge is 0.348 e. The van der Waals surface area contributed by atoms with Crippen LogP contribution in [0.3, 0.4) is 0 Å². The van der Waals surface area contributed by atoms with Gasteiger partial charge in [0.2, 0.25) is 10.0 Å². The van der Waals surface area contributed by atoms with Gasteiger partial charge in [0.25, 0.3) is 0 Å². The van der Waals surface area contributed by atoms with Gasteiger partial charge in [-0.1, -0.05) is 6.42 Å². The lowest BCUT2D eigenvalue weighted by Crippen LogP contribution is -2.35. The van der Waals surface area contributed by atoms with E-state index in [4.69, 9.17) is 9.47 Å². The summed E-state index contributed by atoms with van der Waals surface area (Å²) in [6, 6.07) is 4.92. The van der Waals surface area contributed by atoms with Crippen molar-refractivity contribution < 1.29 is 22.7 Å². The van der Waals surface area contributed by atoms with E-state index in [1.54, 1.807) is 25.1 Å². The summed E-state index contributed by atoms with van der Waals surface area (Å²) in [6.45, 7) is 4.86. The molecule has 4 rings (SSSR count). The van der Waals surface area contributed by atoms with Crippen LogP contribution in [0, 0.1) is 6.92 Å². The number of benzene rings is 1. The van der Waals surface area contributed by atoms with Crippen molar-refractivity contribution in [2.24, 2.45) is 0 Å².